The van der Waals surface area contributed by atoms with Gasteiger partial charge in [-0.2, -0.15) is 0 Å². The fraction of sp³-hybridized carbons (Fsp3) is 0.533. The van der Waals surface area contributed by atoms with Crippen molar-refractivity contribution in [1.82, 2.24) is 4.90 Å². The van der Waals surface area contributed by atoms with Crippen LogP contribution in [0, 0.1) is 6.92 Å². The van der Waals surface area contributed by atoms with Crippen LogP contribution in [0.25, 0.3) is 0 Å². The molecule has 0 N–H and O–H groups in total. The van der Waals surface area contributed by atoms with E-state index in [0.29, 0.717) is 5.92 Å². The molecule has 0 unspecified atom stereocenters. The van der Waals surface area contributed by atoms with Crippen LogP contribution in [-0.2, 0) is 15.1 Å². The average Bonchev–Trinajstić information content (AvgIpc) is 2.41. The van der Waals surface area contributed by atoms with Crippen molar-refractivity contribution in [3.63, 3.8) is 0 Å². The number of benzene rings is 1. The van der Waals surface area contributed by atoms with Gasteiger partial charge in [0.25, 0.3) is 0 Å². The standard InChI is InChI=1S/C10H14.C5H10N2.2ClH.Ru/c1-8(2)10-6-4-9(3)5-7-10;1-7-4-2-3-6-5-7;;;/h4-8H,1-3H3;5H,2-4H2,1H3;2*1H;/q;;;;+2/p-2. The molecule has 0 amide bonds. The molecule has 1 heterocycles. The van der Waals surface area contributed by atoms with Gasteiger partial charge in [0.05, 0.1) is 6.34 Å². The van der Waals surface area contributed by atoms with Crippen LogP contribution in [0.2, 0.25) is 0 Å². The predicted octanol–water partition coefficient (Wildman–Crippen LogP) is 4.85. The number of halogens is 2. The van der Waals surface area contributed by atoms with Gasteiger partial charge in [-0.05, 0) is 24.8 Å². The van der Waals surface area contributed by atoms with Crippen molar-refractivity contribution in [3.8, 4) is 0 Å². The summed E-state index contributed by atoms with van der Waals surface area (Å²) in [6.45, 7) is 8.73. The molecule has 1 aromatic rings. The Balaban J connectivity index is 0.000000315. The molecule has 0 atom stereocenters. The molecule has 2 nitrogen and oxygen atoms in total. The van der Waals surface area contributed by atoms with Crippen molar-refractivity contribution >= 4 is 25.7 Å². The molecule has 20 heavy (non-hydrogen) atoms. The van der Waals surface area contributed by atoms with E-state index in [1.54, 1.807) is 0 Å². The Morgan fingerprint density at radius 1 is 1.20 bits per heavy atom. The van der Waals surface area contributed by atoms with Gasteiger partial charge in [0.1, 0.15) is 0 Å². The minimum atomic E-state index is -0.346. The zero-order chi connectivity index (χ0) is 15.4. The van der Waals surface area contributed by atoms with Gasteiger partial charge in [0, 0.05) is 20.1 Å². The normalized spacial score (nSPS) is 13.4. The van der Waals surface area contributed by atoms with Crippen LogP contribution in [0.4, 0.5) is 0 Å². The maximum absolute atomic E-state index is 4.85. The average molecular weight is 404 g/mol. The molecule has 1 aromatic carbocycles. The van der Waals surface area contributed by atoms with Crippen molar-refractivity contribution in [1.29, 1.82) is 0 Å². The summed E-state index contributed by atoms with van der Waals surface area (Å²) in [6.07, 6.45) is 3.11. The molecule has 116 valence electrons. The summed E-state index contributed by atoms with van der Waals surface area (Å²) in [7, 11) is 11.8. The minimum absolute atomic E-state index is 0.346. The molecule has 0 aliphatic carbocycles. The van der Waals surface area contributed by atoms with Crippen molar-refractivity contribution < 1.29 is 15.1 Å². The van der Waals surface area contributed by atoms with Gasteiger partial charge in [0.15, 0.2) is 0 Å². The molecule has 0 saturated carbocycles. The molecule has 5 heteroatoms. The zero-order valence-electron chi connectivity index (χ0n) is 12.6. The number of hydrogen-bond acceptors (Lipinski definition) is 2. The third kappa shape index (κ3) is 10.7. The van der Waals surface area contributed by atoms with E-state index >= 15 is 0 Å². The van der Waals surface area contributed by atoms with Crippen LogP contribution < -0.4 is 0 Å². The number of aryl methyl sites for hydroxylation is 1. The van der Waals surface area contributed by atoms with E-state index in [-0.39, 0.29) is 15.1 Å². The van der Waals surface area contributed by atoms with Gasteiger partial charge in [-0.25, -0.2) is 0 Å². The van der Waals surface area contributed by atoms with Crippen LogP contribution in [-0.4, -0.2) is 31.4 Å². The fourth-order valence-corrected chi connectivity index (χ4v) is 1.62. The van der Waals surface area contributed by atoms with Crippen molar-refractivity contribution in [2.75, 3.05) is 20.1 Å². The van der Waals surface area contributed by atoms with E-state index in [2.05, 4.69) is 54.9 Å². The second kappa shape index (κ2) is 12.6. The first-order valence-corrected chi connectivity index (χ1v) is 11.1. The van der Waals surface area contributed by atoms with Gasteiger partial charge in [-0.3, -0.25) is 4.99 Å². The summed E-state index contributed by atoms with van der Waals surface area (Å²) < 4.78 is 0. The monoisotopic (exact) mass is 404 g/mol. The van der Waals surface area contributed by atoms with E-state index in [9.17, 15) is 0 Å². The Bertz CT molecular complexity index is 367. The molecule has 1 aliphatic heterocycles. The predicted molar refractivity (Wildman–Crippen MR) is 87.6 cm³/mol. The third-order valence-corrected chi connectivity index (χ3v) is 2.82. The van der Waals surface area contributed by atoms with E-state index in [0.717, 1.165) is 6.54 Å². The van der Waals surface area contributed by atoms with Crippen molar-refractivity contribution in [2.24, 2.45) is 4.99 Å². The first-order valence-electron chi connectivity index (χ1n) is 6.63. The summed E-state index contributed by atoms with van der Waals surface area (Å²) in [6, 6.07) is 8.71. The van der Waals surface area contributed by atoms with E-state index in [1.165, 1.54) is 24.1 Å². The number of nitrogens with zero attached hydrogens (tertiary/aromatic N) is 2. The topological polar surface area (TPSA) is 15.6 Å². The van der Waals surface area contributed by atoms with Crippen LogP contribution >= 0.6 is 19.4 Å². The number of hydrogen-bond donors (Lipinski definition) is 0. The molecule has 2 rings (SSSR count). The van der Waals surface area contributed by atoms with Gasteiger partial charge in [-0.15, -0.1) is 0 Å². The molecule has 1 aliphatic rings. The Labute approximate surface area is 139 Å². The summed E-state index contributed by atoms with van der Waals surface area (Å²) in [5.74, 6) is 0.653. The van der Waals surface area contributed by atoms with Crippen molar-refractivity contribution in [3.05, 3.63) is 35.4 Å². The van der Waals surface area contributed by atoms with Crippen molar-refractivity contribution in [2.45, 2.75) is 33.1 Å². The Hall–Kier alpha value is -0.107. The first kappa shape index (κ1) is 19.9. The molecule has 0 radical (unpaired) electrons. The maximum atomic E-state index is 4.85. The molecule has 0 bridgehead atoms. The Morgan fingerprint density at radius 2 is 1.75 bits per heavy atom. The second-order valence-corrected chi connectivity index (χ2v) is 7.61. The Kier molecular flexibility index (Phi) is 12.6. The van der Waals surface area contributed by atoms with Gasteiger partial charge >= 0.3 is 34.5 Å². The Morgan fingerprint density at radius 3 is 2.05 bits per heavy atom. The molecule has 0 aromatic heterocycles. The zero-order valence-corrected chi connectivity index (χ0v) is 15.8. The molecular weight excluding hydrogens is 380 g/mol. The number of aliphatic imine (C=N–C) groups is 1. The van der Waals surface area contributed by atoms with E-state index < -0.39 is 0 Å². The molecule has 0 fully saturated rings. The summed E-state index contributed by atoms with van der Waals surface area (Å²) >= 11 is -0.346. The van der Waals surface area contributed by atoms with Gasteiger partial charge in [0.2, 0.25) is 0 Å². The van der Waals surface area contributed by atoms with Crippen LogP contribution in [0.15, 0.2) is 29.3 Å². The quantitative estimate of drug-likeness (QED) is 0.612. The van der Waals surface area contributed by atoms with Crippen LogP contribution in [0.3, 0.4) is 0 Å². The molecule has 0 saturated heterocycles. The van der Waals surface area contributed by atoms with Crippen LogP contribution in [0.1, 0.15) is 37.3 Å². The molecule has 0 spiro atoms. The molecular formula is C15H24Cl2N2Ru. The van der Waals surface area contributed by atoms with Gasteiger partial charge < -0.3 is 4.90 Å². The fourth-order valence-electron chi connectivity index (χ4n) is 1.62. The van der Waals surface area contributed by atoms with Crippen LogP contribution in [0.5, 0.6) is 0 Å². The second-order valence-electron chi connectivity index (χ2n) is 4.97. The summed E-state index contributed by atoms with van der Waals surface area (Å²) in [5.41, 5.74) is 2.76. The first-order chi connectivity index (χ1) is 9.51. The van der Waals surface area contributed by atoms with Gasteiger partial charge in [-0.1, -0.05) is 43.7 Å². The SMILES string of the molecule is CN1C=NCCC1.Cc1ccc(C(C)C)cc1.[Cl][Ru][Cl]. The number of rotatable bonds is 1. The summed E-state index contributed by atoms with van der Waals surface area (Å²) in [4.78, 5) is 6.16. The van der Waals surface area contributed by atoms with E-state index in [4.69, 9.17) is 19.4 Å². The third-order valence-electron chi connectivity index (χ3n) is 2.82. The van der Waals surface area contributed by atoms with E-state index in [1.807, 2.05) is 13.4 Å². The summed E-state index contributed by atoms with van der Waals surface area (Å²) in [5, 5.41) is 0.